The molecule has 0 aromatic carbocycles. The summed E-state index contributed by atoms with van der Waals surface area (Å²) in [7, 11) is 0. The number of carbonyl (C=O) groups excluding carboxylic acids is 3. The van der Waals surface area contributed by atoms with E-state index in [4.69, 9.17) is 4.74 Å². The number of amides is 3. The zero-order valence-electron chi connectivity index (χ0n) is 16.5. The molecular formula is C19H27N5O4. The summed E-state index contributed by atoms with van der Waals surface area (Å²) < 4.78 is 5.04. The summed E-state index contributed by atoms with van der Waals surface area (Å²) in [5.74, 6) is -0.0274. The van der Waals surface area contributed by atoms with E-state index in [9.17, 15) is 14.4 Å². The molecule has 9 nitrogen and oxygen atoms in total. The first-order chi connectivity index (χ1) is 13.5. The Morgan fingerprint density at radius 1 is 0.929 bits per heavy atom. The Morgan fingerprint density at radius 3 is 2.14 bits per heavy atom. The van der Waals surface area contributed by atoms with E-state index >= 15 is 0 Å². The maximum atomic E-state index is 12.8. The lowest BCUT2D eigenvalue weighted by Crippen LogP contribution is -2.50. The quantitative estimate of drug-likeness (QED) is 0.755. The Bertz CT molecular complexity index is 725. The SMILES string of the molecule is CCOC(=O)N1CCN(c2cncc(C(=O)N3CCN(C(C)=O)CC3)c2)CC1. The minimum absolute atomic E-state index is 0.0396. The third kappa shape index (κ3) is 4.52. The molecule has 2 saturated heterocycles. The second-order valence-corrected chi connectivity index (χ2v) is 6.90. The summed E-state index contributed by atoms with van der Waals surface area (Å²) in [6, 6.07) is 1.85. The number of nitrogens with zero attached hydrogens (tertiary/aromatic N) is 5. The summed E-state index contributed by atoms with van der Waals surface area (Å²) in [5, 5.41) is 0. The molecule has 1 aromatic heterocycles. The van der Waals surface area contributed by atoms with Crippen molar-refractivity contribution in [3.63, 3.8) is 0 Å². The second kappa shape index (κ2) is 8.90. The number of piperazine rings is 2. The Morgan fingerprint density at radius 2 is 1.54 bits per heavy atom. The summed E-state index contributed by atoms with van der Waals surface area (Å²) in [6.07, 6.45) is 3.04. The molecule has 3 amide bonds. The number of hydrogen-bond donors (Lipinski definition) is 0. The number of hydrogen-bond acceptors (Lipinski definition) is 6. The van der Waals surface area contributed by atoms with Crippen molar-refractivity contribution in [2.24, 2.45) is 0 Å². The van der Waals surface area contributed by atoms with E-state index in [0.717, 1.165) is 5.69 Å². The molecule has 0 spiro atoms. The number of carbonyl (C=O) groups is 3. The van der Waals surface area contributed by atoms with Crippen LogP contribution in [0.2, 0.25) is 0 Å². The first-order valence-electron chi connectivity index (χ1n) is 9.66. The van der Waals surface area contributed by atoms with E-state index in [-0.39, 0.29) is 17.9 Å². The van der Waals surface area contributed by atoms with Gasteiger partial charge in [0.15, 0.2) is 0 Å². The summed E-state index contributed by atoms with van der Waals surface area (Å²) >= 11 is 0. The molecule has 2 aliphatic rings. The second-order valence-electron chi connectivity index (χ2n) is 6.90. The van der Waals surface area contributed by atoms with Gasteiger partial charge >= 0.3 is 6.09 Å². The van der Waals surface area contributed by atoms with E-state index in [1.165, 1.54) is 0 Å². The minimum atomic E-state index is -0.283. The highest BCUT2D eigenvalue weighted by atomic mass is 16.6. The van der Waals surface area contributed by atoms with Crippen molar-refractivity contribution < 1.29 is 19.1 Å². The molecule has 0 radical (unpaired) electrons. The van der Waals surface area contributed by atoms with Gasteiger partial charge in [0.2, 0.25) is 5.91 Å². The Kier molecular flexibility index (Phi) is 6.33. The van der Waals surface area contributed by atoms with Crippen LogP contribution in [0.25, 0.3) is 0 Å². The van der Waals surface area contributed by atoms with Gasteiger partial charge in [-0.05, 0) is 13.0 Å². The topological polar surface area (TPSA) is 86.3 Å². The van der Waals surface area contributed by atoms with Gasteiger partial charge < -0.3 is 24.3 Å². The van der Waals surface area contributed by atoms with Gasteiger partial charge in [-0.2, -0.15) is 0 Å². The lowest BCUT2D eigenvalue weighted by atomic mass is 10.2. The molecule has 0 atom stereocenters. The van der Waals surface area contributed by atoms with Crippen molar-refractivity contribution in [3.05, 3.63) is 24.0 Å². The van der Waals surface area contributed by atoms with Crippen LogP contribution < -0.4 is 4.90 Å². The van der Waals surface area contributed by atoms with Gasteiger partial charge in [0, 0.05) is 65.5 Å². The first kappa shape index (κ1) is 19.9. The maximum Gasteiger partial charge on any atom is 0.409 e. The predicted octanol–water partition coefficient (Wildman–Crippen LogP) is 0.664. The lowest BCUT2D eigenvalue weighted by molar-refractivity contribution is -0.130. The summed E-state index contributed by atoms with van der Waals surface area (Å²) in [6.45, 7) is 8.36. The molecule has 152 valence electrons. The van der Waals surface area contributed by atoms with Crippen molar-refractivity contribution in [1.82, 2.24) is 19.7 Å². The number of pyridine rings is 1. The van der Waals surface area contributed by atoms with E-state index in [1.54, 1.807) is 40.9 Å². The Hall–Kier alpha value is -2.84. The van der Waals surface area contributed by atoms with Crippen molar-refractivity contribution in [3.8, 4) is 0 Å². The zero-order valence-corrected chi connectivity index (χ0v) is 16.5. The highest BCUT2D eigenvalue weighted by Crippen LogP contribution is 2.19. The molecule has 3 rings (SSSR count). The van der Waals surface area contributed by atoms with Crippen LogP contribution in [0.4, 0.5) is 10.5 Å². The molecule has 9 heteroatoms. The molecule has 2 aliphatic heterocycles. The molecule has 0 aliphatic carbocycles. The van der Waals surface area contributed by atoms with Crippen LogP contribution >= 0.6 is 0 Å². The van der Waals surface area contributed by atoms with Gasteiger partial charge in [-0.3, -0.25) is 14.6 Å². The van der Waals surface area contributed by atoms with Crippen molar-refractivity contribution in [2.45, 2.75) is 13.8 Å². The van der Waals surface area contributed by atoms with Gasteiger partial charge in [0.1, 0.15) is 0 Å². The van der Waals surface area contributed by atoms with Crippen LogP contribution in [0, 0.1) is 0 Å². The van der Waals surface area contributed by atoms with Crippen molar-refractivity contribution >= 4 is 23.6 Å². The highest BCUT2D eigenvalue weighted by molar-refractivity contribution is 5.95. The van der Waals surface area contributed by atoms with Crippen LogP contribution in [0.15, 0.2) is 18.5 Å². The van der Waals surface area contributed by atoms with E-state index in [2.05, 4.69) is 9.88 Å². The van der Waals surface area contributed by atoms with Crippen LogP contribution in [0.1, 0.15) is 24.2 Å². The highest BCUT2D eigenvalue weighted by Gasteiger charge is 2.25. The monoisotopic (exact) mass is 389 g/mol. The van der Waals surface area contributed by atoms with Gasteiger partial charge in [-0.15, -0.1) is 0 Å². The average Bonchev–Trinajstić information content (AvgIpc) is 2.73. The van der Waals surface area contributed by atoms with Crippen molar-refractivity contribution in [2.75, 3.05) is 63.9 Å². The van der Waals surface area contributed by atoms with Gasteiger partial charge in [0.05, 0.1) is 24.1 Å². The summed E-state index contributed by atoms with van der Waals surface area (Å²) in [5.41, 5.74) is 1.42. The number of anilines is 1. The van der Waals surface area contributed by atoms with Gasteiger partial charge in [-0.25, -0.2) is 4.79 Å². The molecule has 0 unspecified atom stereocenters. The average molecular weight is 389 g/mol. The Balaban J connectivity index is 1.59. The predicted molar refractivity (Wildman–Crippen MR) is 103 cm³/mol. The molecule has 2 fully saturated rings. The molecule has 0 saturated carbocycles. The molecule has 0 bridgehead atoms. The molecule has 1 aromatic rings. The standard InChI is InChI=1S/C19H27N5O4/c1-3-28-19(27)24-10-6-22(7-11-24)17-12-16(13-20-14-17)18(26)23-8-4-21(5-9-23)15(2)25/h12-14H,3-11H2,1-2H3. The van der Waals surface area contributed by atoms with E-state index in [1.807, 2.05) is 6.07 Å². The molecular weight excluding hydrogens is 362 g/mol. The number of rotatable bonds is 3. The number of aromatic nitrogens is 1. The fourth-order valence-corrected chi connectivity index (χ4v) is 3.49. The maximum absolute atomic E-state index is 12.8. The zero-order chi connectivity index (χ0) is 20.1. The largest absolute Gasteiger partial charge is 0.450 e. The van der Waals surface area contributed by atoms with Gasteiger partial charge in [0.25, 0.3) is 5.91 Å². The molecule has 28 heavy (non-hydrogen) atoms. The summed E-state index contributed by atoms with van der Waals surface area (Å²) in [4.78, 5) is 47.7. The minimum Gasteiger partial charge on any atom is -0.450 e. The smallest absolute Gasteiger partial charge is 0.409 e. The molecule has 0 N–H and O–H groups in total. The Labute approximate surface area is 164 Å². The normalized spacial score (nSPS) is 17.5. The van der Waals surface area contributed by atoms with Crippen LogP contribution in [-0.2, 0) is 9.53 Å². The van der Waals surface area contributed by atoms with E-state index in [0.29, 0.717) is 64.5 Å². The van der Waals surface area contributed by atoms with Crippen molar-refractivity contribution in [1.29, 1.82) is 0 Å². The third-order valence-corrected chi connectivity index (χ3v) is 5.15. The van der Waals surface area contributed by atoms with E-state index < -0.39 is 0 Å². The van der Waals surface area contributed by atoms with Gasteiger partial charge in [-0.1, -0.05) is 0 Å². The fraction of sp³-hybridized carbons (Fsp3) is 0.579. The third-order valence-electron chi connectivity index (χ3n) is 5.15. The molecule has 3 heterocycles. The van der Waals surface area contributed by atoms with Crippen LogP contribution in [-0.4, -0.2) is 96.6 Å². The first-order valence-corrected chi connectivity index (χ1v) is 9.66. The number of ether oxygens (including phenoxy) is 1. The lowest BCUT2D eigenvalue weighted by Gasteiger charge is -2.36. The van der Waals surface area contributed by atoms with Crippen LogP contribution in [0.3, 0.4) is 0 Å². The fourth-order valence-electron chi connectivity index (χ4n) is 3.49. The van der Waals surface area contributed by atoms with Crippen LogP contribution in [0.5, 0.6) is 0 Å².